The lowest BCUT2D eigenvalue weighted by atomic mass is 10.1. The summed E-state index contributed by atoms with van der Waals surface area (Å²) >= 11 is 0. The number of amides is 1. The van der Waals surface area contributed by atoms with Crippen molar-refractivity contribution in [3.63, 3.8) is 0 Å². The van der Waals surface area contributed by atoms with Crippen LogP contribution in [0.4, 0.5) is 10.1 Å². The van der Waals surface area contributed by atoms with Crippen LogP contribution in [0.5, 0.6) is 0 Å². The number of nitrogens with zero attached hydrogens (tertiary/aromatic N) is 5. The molecule has 28 heavy (non-hydrogen) atoms. The molecule has 3 rings (SSSR count). The molecule has 0 radical (unpaired) electrons. The van der Waals surface area contributed by atoms with Crippen LogP contribution >= 0.6 is 24.0 Å². The third-order valence-corrected chi connectivity index (χ3v) is 4.47. The van der Waals surface area contributed by atoms with Crippen molar-refractivity contribution in [2.45, 2.75) is 13.2 Å². The fourth-order valence-electron chi connectivity index (χ4n) is 3.05. The minimum atomic E-state index is -0.428. The molecule has 152 valence electrons. The van der Waals surface area contributed by atoms with E-state index in [4.69, 9.17) is 0 Å². The van der Waals surface area contributed by atoms with Crippen molar-refractivity contribution in [2.75, 3.05) is 31.6 Å². The smallest absolute Gasteiger partial charge is 0.246 e. The van der Waals surface area contributed by atoms with Crippen molar-refractivity contribution < 1.29 is 14.3 Å². The molecule has 0 atom stereocenters. The molecule has 0 spiro atoms. The van der Waals surface area contributed by atoms with E-state index >= 15 is 0 Å². The van der Waals surface area contributed by atoms with E-state index in [0.29, 0.717) is 25.6 Å². The number of aryl methyl sites for hydroxylation is 1. The van der Waals surface area contributed by atoms with E-state index in [0.717, 1.165) is 11.3 Å². The summed E-state index contributed by atoms with van der Waals surface area (Å²) in [5, 5.41) is 16.5. The van der Waals surface area contributed by atoms with Crippen molar-refractivity contribution in [1.29, 1.82) is 0 Å². The van der Waals surface area contributed by atoms with E-state index in [1.165, 1.54) is 6.07 Å². The average molecular weight is 502 g/mol. The molecule has 1 aromatic carbocycles. The topological polar surface area (TPSA) is 86.0 Å². The second-order valence-electron chi connectivity index (χ2n) is 6.32. The van der Waals surface area contributed by atoms with Gasteiger partial charge in [-0.15, -0.1) is 24.0 Å². The number of carbonyl (C=O) groups excluding carboxylic acids is 1. The van der Waals surface area contributed by atoms with Gasteiger partial charge in [-0.2, -0.15) is 5.10 Å². The van der Waals surface area contributed by atoms with Gasteiger partial charge < -0.3 is 20.2 Å². The number of nitrogens with one attached hydrogen (secondary N) is 1. The first-order chi connectivity index (χ1) is 13.0. The maximum absolute atomic E-state index is 13.5. The van der Waals surface area contributed by atoms with Crippen LogP contribution in [0.25, 0.3) is 0 Å². The van der Waals surface area contributed by atoms with Gasteiger partial charge in [-0.05, 0) is 17.7 Å². The molecule has 8 nitrogen and oxygen atoms in total. The van der Waals surface area contributed by atoms with Crippen molar-refractivity contribution in [3.05, 3.63) is 47.5 Å². The molecular formula is C18H24FIN6O2. The molecule has 1 amide bonds. The van der Waals surface area contributed by atoms with Gasteiger partial charge in [0.2, 0.25) is 5.91 Å². The third-order valence-electron chi connectivity index (χ3n) is 4.47. The molecule has 1 aliphatic heterocycles. The predicted molar refractivity (Wildman–Crippen MR) is 115 cm³/mol. The second kappa shape index (κ2) is 9.82. The number of carbonyl (C=O) groups is 1. The van der Waals surface area contributed by atoms with E-state index in [2.05, 4.69) is 15.4 Å². The van der Waals surface area contributed by atoms with Gasteiger partial charge in [0.15, 0.2) is 5.96 Å². The summed E-state index contributed by atoms with van der Waals surface area (Å²) in [4.78, 5) is 20.4. The highest BCUT2D eigenvalue weighted by Crippen LogP contribution is 2.16. The quantitative estimate of drug-likeness (QED) is 0.372. The van der Waals surface area contributed by atoms with Crippen LogP contribution in [0.3, 0.4) is 0 Å². The van der Waals surface area contributed by atoms with Gasteiger partial charge in [-0.1, -0.05) is 6.07 Å². The number of halogens is 2. The zero-order valence-electron chi connectivity index (χ0n) is 15.8. The first-order valence-electron chi connectivity index (χ1n) is 8.64. The largest absolute Gasteiger partial charge is 0.392 e. The summed E-state index contributed by atoms with van der Waals surface area (Å²) in [6.07, 6.45) is 3.49. The summed E-state index contributed by atoms with van der Waals surface area (Å²) in [7, 11) is 3.47. The molecule has 0 saturated carbocycles. The number of hydrogen-bond donors (Lipinski definition) is 2. The molecule has 0 aliphatic carbocycles. The highest BCUT2D eigenvalue weighted by Gasteiger charge is 2.27. The summed E-state index contributed by atoms with van der Waals surface area (Å²) in [6, 6.07) is 4.60. The van der Waals surface area contributed by atoms with Gasteiger partial charge in [-0.25, -0.2) is 4.39 Å². The molecule has 0 unspecified atom stereocenters. The highest BCUT2D eigenvalue weighted by molar-refractivity contribution is 14.0. The first-order valence-corrected chi connectivity index (χ1v) is 8.64. The molecule has 2 aromatic rings. The van der Waals surface area contributed by atoms with Gasteiger partial charge >= 0.3 is 0 Å². The van der Waals surface area contributed by atoms with Crippen LogP contribution in [0.1, 0.15) is 11.1 Å². The first kappa shape index (κ1) is 22.1. The Labute approximate surface area is 180 Å². The fourth-order valence-corrected chi connectivity index (χ4v) is 3.05. The Kier molecular flexibility index (Phi) is 7.75. The molecule has 2 N–H and O–H groups in total. The van der Waals surface area contributed by atoms with Crippen LogP contribution in [-0.2, 0) is 25.0 Å². The highest BCUT2D eigenvalue weighted by atomic mass is 127. The number of piperazine rings is 1. The van der Waals surface area contributed by atoms with Crippen LogP contribution in [0.2, 0.25) is 0 Å². The number of aliphatic imine (C=N–C) groups is 1. The van der Waals surface area contributed by atoms with Gasteiger partial charge in [0.25, 0.3) is 0 Å². The summed E-state index contributed by atoms with van der Waals surface area (Å²) in [5.74, 6) is 0.147. The van der Waals surface area contributed by atoms with E-state index in [9.17, 15) is 14.3 Å². The van der Waals surface area contributed by atoms with Gasteiger partial charge in [0.1, 0.15) is 12.4 Å². The Morgan fingerprint density at radius 2 is 2.18 bits per heavy atom. The zero-order valence-corrected chi connectivity index (χ0v) is 18.1. The van der Waals surface area contributed by atoms with Crippen LogP contribution in [0, 0.1) is 5.82 Å². The Hall–Kier alpha value is -2.21. The second-order valence-corrected chi connectivity index (χ2v) is 6.32. The molecule has 1 aliphatic rings. The number of aliphatic hydroxyl groups excluding tert-OH is 1. The van der Waals surface area contributed by atoms with Crippen molar-refractivity contribution in [1.82, 2.24) is 20.0 Å². The van der Waals surface area contributed by atoms with Crippen molar-refractivity contribution >= 4 is 41.5 Å². The van der Waals surface area contributed by atoms with Gasteiger partial charge in [0, 0.05) is 45.5 Å². The Balaban J connectivity index is 0.00000280. The molecule has 10 heteroatoms. The molecular weight excluding hydrogens is 478 g/mol. The van der Waals surface area contributed by atoms with Gasteiger partial charge in [-0.3, -0.25) is 14.5 Å². The Bertz CT molecular complexity index is 856. The Morgan fingerprint density at radius 1 is 1.39 bits per heavy atom. The van der Waals surface area contributed by atoms with Crippen LogP contribution in [-0.4, -0.2) is 58.3 Å². The maximum Gasteiger partial charge on any atom is 0.246 e. The standard InChI is InChI=1S/C18H23FN6O2.HI/c1-20-18(21-8-13-3-4-16(19)14(7-13)12-26)24-5-6-25(17(27)11-24)15-9-22-23(2)10-15;/h3-4,7,9-10,26H,5-6,8,11-12H2,1-2H3,(H,20,21);1H. The molecule has 1 fully saturated rings. The number of hydrogen-bond acceptors (Lipinski definition) is 4. The number of guanidine groups is 1. The molecule has 0 bridgehead atoms. The summed E-state index contributed by atoms with van der Waals surface area (Å²) in [5.41, 5.74) is 1.86. The zero-order chi connectivity index (χ0) is 19.4. The lowest BCUT2D eigenvalue weighted by molar-refractivity contribution is -0.120. The number of aliphatic hydroxyl groups is 1. The number of rotatable bonds is 4. The third kappa shape index (κ3) is 4.98. The summed E-state index contributed by atoms with van der Waals surface area (Å²) in [6.45, 7) is 1.44. The van der Waals surface area contributed by atoms with E-state index < -0.39 is 5.82 Å². The maximum atomic E-state index is 13.5. The molecule has 2 heterocycles. The lowest BCUT2D eigenvalue weighted by Gasteiger charge is -2.35. The lowest BCUT2D eigenvalue weighted by Crippen LogP contribution is -2.55. The Morgan fingerprint density at radius 3 is 2.79 bits per heavy atom. The number of benzene rings is 1. The summed E-state index contributed by atoms with van der Waals surface area (Å²) < 4.78 is 15.2. The van der Waals surface area contributed by atoms with E-state index in [1.54, 1.807) is 35.0 Å². The normalized spacial score (nSPS) is 14.9. The number of anilines is 1. The van der Waals surface area contributed by atoms with E-state index in [-0.39, 0.29) is 48.6 Å². The molecule has 1 saturated heterocycles. The van der Waals surface area contributed by atoms with E-state index in [1.807, 2.05) is 18.1 Å². The number of aromatic nitrogens is 2. The van der Waals surface area contributed by atoms with Gasteiger partial charge in [0.05, 0.1) is 18.5 Å². The van der Waals surface area contributed by atoms with Crippen molar-refractivity contribution in [3.8, 4) is 0 Å². The van der Waals surface area contributed by atoms with Crippen LogP contribution in [0.15, 0.2) is 35.6 Å². The average Bonchev–Trinajstić information content (AvgIpc) is 3.09. The SMILES string of the molecule is CN=C(NCc1ccc(F)c(CO)c1)N1CCN(c2cnn(C)c2)C(=O)C1.I. The minimum absolute atomic E-state index is 0. The fraction of sp³-hybridized carbons (Fsp3) is 0.389. The van der Waals surface area contributed by atoms with Crippen LogP contribution < -0.4 is 10.2 Å². The van der Waals surface area contributed by atoms with Crippen molar-refractivity contribution in [2.24, 2.45) is 12.0 Å². The molecule has 1 aromatic heterocycles. The minimum Gasteiger partial charge on any atom is -0.392 e. The predicted octanol–water partition coefficient (Wildman–Crippen LogP) is 1.09. The monoisotopic (exact) mass is 502 g/mol.